The maximum atomic E-state index is 10.9. The first-order valence-electron chi connectivity index (χ1n) is 6.35. The maximum Gasteiger partial charge on any atom is 0.129 e. The van der Waals surface area contributed by atoms with Crippen LogP contribution in [0.1, 0.15) is 34.7 Å². The van der Waals surface area contributed by atoms with E-state index in [4.69, 9.17) is 5.73 Å². The van der Waals surface area contributed by atoms with Crippen LogP contribution in [0.3, 0.4) is 0 Å². The van der Waals surface area contributed by atoms with Crippen molar-refractivity contribution in [1.29, 1.82) is 0 Å². The van der Waals surface area contributed by atoms with Crippen molar-refractivity contribution in [2.75, 3.05) is 5.73 Å². The summed E-state index contributed by atoms with van der Waals surface area (Å²) in [4.78, 5) is 4.14. The molecular formula is C16H20N2O. The second-order valence-electron chi connectivity index (χ2n) is 5.34. The van der Waals surface area contributed by atoms with E-state index in [9.17, 15) is 5.11 Å². The SMILES string of the molecule is Cc1ccc(C)c(C(C)(O)c2cc(C)cnc2N)c1. The summed E-state index contributed by atoms with van der Waals surface area (Å²) in [6.45, 7) is 7.70. The summed E-state index contributed by atoms with van der Waals surface area (Å²) < 4.78 is 0. The molecule has 19 heavy (non-hydrogen) atoms. The molecule has 1 aromatic heterocycles. The van der Waals surface area contributed by atoms with Crippen LogP contribution in [0.15, 0.2) is 30.5 Å². The minimum absolute atomic E-state index is 0.372. The number of aryl methyl sites for hydroxylation is 3. The molecule has 0 spiro atoms. The Bertz CT molecular complexity index is 565. The van der Waals surface area contributed by atoms with Gasteiger partial charge in [-0.05, 0) is 50.5 Å². The Morgan fingerprint density at radius 2 is 1.68 bits per heavy atom. The normalized spacial score (nSPS) is 14.2. The highest BCUT2D eigenvalue weighted by molar-refractivity contribution is 5.51. The van der Waals surface area contributed by atoms with E-state index < -0.39 is 5.60 Å². The summed E-state index contributed by atoms with van der Waals surface area (Å²) in [6.07, 6.45) is 1.71. The molecule has 1 heterocycles. The number of nitrogen functional groups attached to an aromatic ring is 1. The summed E-state index contributed by atoms with van der Waals surface area (Å²) in [7, 11) is 0. The largest absolute Gasteiger partial charge is 0.383 e. The second kappa shape index (κ2) is 4.67. The fourth-order valence-corrected chi connectivity index (χ4v) is 2.38. The van der Waals surface area contributed by atoms with E-state index >= 15 is 0 Å². The van der Waals surface area contributed by atoms with Crippen molar-refractivity contribution in [3.63, 3.8) is 0 Å². The molecule has 0 aliphatic rings. The van der Waals surface area contributed by atoms with Crippen molar-refractivity contribution in [1.82, 2.24) is 4.98 Å². The van der Waals surface area contributed by atoms with E-state index in [0.717, 1.165) is 22.3 Å². The fourth-order valence-electron chi connectivity index (χ4n) is 2.38. The van der Waals surface area contributed by atoms with Crippen molar-refractivity contribution in [2.24, 2.45) is 0 Å². The topological polar surface area (TPSA) is 59.1 Å². The number of nitrogens with zero attached hydrogens (tertiary/aromatic N) is 1. The molecule has 3 N–H and O–H groups in total. The van der Waals surface area contributed by atoms with Crippen LogP contribution in [0.2, 0.25) is 0 Å². The van der Waals surface area contributed by atoms with E-state index in [1.165, 1.54) is 0 Å². The quantitative estimate of drug-likeness (QED) is 0.868. The number of pyridine rings is 1. The molecule has 0 saturated heterocycles. The summed E-state index contributed by atoms with van der Waals surface area (Å²) in [5.41, 5.74) is 9.44. The van der Waals surface area contributed by atoms with Crippen LogP contribution in [0.4, 0.5) is 5.82 Å². The second-order valence-corrected chi connectivity index (χ2v) is 5.34. The Labute approximate surface area is 114 Å². The van der Waals surface area contributed by atoms with Crippen molar-refractivity contribution in [3.8, 4) is 0 Å². The van der Waals surface area contributed by atoms with Crippen molar-refractivity contribution >= 4 is 5.82 Å². The summed E-state index contributed by atoms with van der Waals surface area (Å²) in [5, 5.41) is 10.9. The number of hydrogen-bond acceptors (Lipinski definition) is 3. The highest BCUT2D eigenvalue weighted by Gasteiger charge is 2.30. The third-order valence-corrected chi connectivity index (χ3v) is 3.50. The van der Waals surface area contributed by atoms with Gasteiger partial charge in [0.15, 0.2) is 0 Å². The minimum atomic E-state index is -1.14. The summed E-state index contributed by atoms with van der Waals surface area (Å²) in [6, 6.07) is 7.94. The zero-order valence-corrected chi connectivity index (χ0v) is 11.9. The average Bonchev–Trinajstić information content (AvgIpc) is 2.35. The molecule has 2 rings (SSSR count). The summed E-state index contributed by atoms with van der Waals surface area (Å²) in [5.74, 6) is 0.372. The lowest BCUT2D eigenvalue weighted by molar-refractivity contribution is 0.102. The predicted octanol–water partition coefficient (Wildman–Crippen LogP) is 2.84. The van der Waals surface area contributed by atoms with Crippen LogP contribution in [-0.2, 0) is 5.60 Å². The van der Waals surface area contributed by atoms with Gasteiger partial charge in [0.1, 0.15) is 11.4 Å². The summed E-state index contributed by atoms with van der Waals surface area (Å²) >= 11 is 0. The lowest BCUT2D eigenvalue weighted by Gasteiger charge is -2.27. The Morgan fingerprint density at radius 1 is 1.05 bits per heavy atom. The average molecular weight is 256 g/mol. The predicted molar refractivity (Wildman–Crippen MR) is 78.0 cm³/mol. The third-order valence-electron chi connectivity index (χ3n) is 3.50. The van der Waals surface area contributed by atoms with E-state index in [-0.39, 0.29) is 0 Å². The molecule has 3 nitrogen and oxygen atoms in total. The van der Waals surface area contributed by atoms with Gasteiger partial charge in [-0.25, -0.2) is 4.98 Å². The van der Waals surface area contributed by atoms with Gasteiger partial charge in [-0.3, -0.25) is 0 Å². The van der Waals surface area contributed by atoms with E-state index in [1.807, 2.05) is 45.0 Å². The smallest absolute Gasteiger partial charge is 0.129 e. The molecule has 1 aromatic carbocycles. The molecule has 0 aliphatic heterocycles. The number of benzene rings is 1. The molecule has 0 amide bonds. The van der Waals surface area contributed by atoms with Crippen molar-refractivity contribution < 1.29 is 5.11 Å². The van der Waals surface area contributed by atoms with Gasteiger partial charge in [0, 0.05) is 11.8 Å². The Hall–Kier alpha value is -1.87. The molecule has 1 unspecified atom stereocenters. The van der Waals surface area contributed by atoms with E-state index in [1.54, 1.807) is 13.1 Å². The highest BCUT2D eigenvalue weighted by Crippen LogP contribution is 2.34. The molecule has 2 aromatic rings. The van der Waals surface area contributed by atoms with Crippen LogP contribution in [-0.4, -0.2) is 10.1 Å². The van der Waals surface area contributed by atoms with Gasteiger partial charge in [0.25, 0.3) is 0 Å². The van der Waals surface area contributed by atoms with E-state index in [2.05, 4.69) is 4.98 Å². The van der Waals surface area contributed by atoms with Gasteiger partial charge in [-0.2, -0.15) is 0 Å². The first kappa shape index (κ1) is 13.6. The molecule has 0 saturated carbocycles. The van der Waals surface area contributed by atoms with E-state index in [0.29, 0.717) is 11.4 Å². The lowest BCUT2D eigenvalue weighted by atomic mass is 9.84. The van der Waals surface area contributed by atoms with Gasteiger partial charge in [0.2, 0.25) is 0 Å². The number of aliphatic hydroxyl groups is 1. The number of nitrogens with two attached hydrogens (primary N) is 1. The van der Waals surface area contributed by atoms with Crippen LogP contribution in [0.5, 0.6) is 0 Å². The number of anilines is 1. The van der Waals surface area contributed by atoms with Crippen molar-refractivity contribution in [2.45, 2.75) is 33.3 Å². The molecule has 1 atom stereocenters. The first-order chi connectivity index (χ1) is 8.82. The molecular weight excluding hydrogens is 236 g/mol. The van der Waals surface area contributed by atoms with Gasteiger partial charge < -0.3 is 10.8 Å². The van der Waals surface area contributed by atoms with Crippen LogP contribution in [0.25, 0.3) is 0 Å². The fraction of sp³-hybridized carbons (Fsp3) is 0.312. The highest BCUT2D eigenvalue weighted by atomic mass is 16.3. The zero-order chi connectivity index (χ0) is 14.2. The molecule has 0 fully saturated rings. The zero-order valence-electron chi connectivity index (χ0n) is 11.9. The first-order valence-corrected chi connectivity index (χ1v) is 6.35. The van der Waals surface area contributed by atoms with Gasteiger partial charge >= 0.3 is 0 Å². The third kappa shape index (κ3) is 2.47. The Balaban J connectivity index is 2.64. The number of hydrogen-bond donors (Lipinski definition) is 2. The Morgan fingerprint density at radius 3 is 2.37 bits per heavy atom. The van der Waals surface area contributed by atoms with Gasteiger partial charge in [-0.15, -0.1) is 0 Å². The van der Waals surface area contributed by atoms with Crippen molar-refractivity contribution in [3.05, 3.63) is 58.3 Å². The standard InChI is InChI=1S/C16H20N2O/c1-10-5-6-12(3)13(7-10)16(4,19)14-8-11(2)9-18-15(14)17/h5-9,19H,1-4H3,(H2,17,18). The Kier molecular flexibility index (Phi) is 3.33. The number of rotatable bonds is 2. The maximum absolute atomic E-state index is 10.9. The molecule has 0 bridgehead atoms. The van der Waals surface area contributed by atoms with Crippen LogP contribution in [0, 0.1) is 20.8 Å². The van der Waals surface area contributed by atoms with Gasteiger partial charge in [-0.1, -0.05) is 23.8 Å². The van der Waals surface area contributed by atoms with Crippen LogP contribution >= 0.6 is 0 Å². The molecule has 3 heteroatoms. The molecule has 100 valence electrons. The molecule has 0 radical (unpaired) electrons. The minimum Gasteiger partial charge on any atom is -0.383 e. The van der Waals surface area contributed by atoms with Crippen LogP contribution < -0.4 is 5.73 Å². The lowest BCUT2D eigenvalue weighted by Crippen LogP contribution is -2.26. The number of aromatic nitrogens is 1. The van der Waals surface area contributed by atoms with Gasteiger partial charge in [0.05, 0.1) is 0 Å². The molecule has 0 aliphatic carbocycles. The monoisotopic (exact) mass is 256 g/mol.